The minimum atomic E-state index is -0.113. The highest BCUT2D eigenvalue weighted by molar-refractivity contribution is 6.35. The lowest BCUT2D eigenvalue weighted by molar-refractivity contribution is 0.942. The van der Waals surface area contributed by atoms with Gasteiger partial charge in [0.25, 0.3) is 5.56 Å². The fourth-order valence-corrected chi connectivity index (χ4v) is 3.55. The molecule has 0 fully saturated rings. The van der Waals surface area contributed by atoms with E-state index in [1.807, 2.05) is 61.5 Å². The Kier molecular flexibility index (Phi) is 5.03. The summed E-state index contributed by atoms with van der Waals surface area (Å²) in [4.78, 5) is 17.9. The van der Waals surface area contributed by atoms with Gasteiger partial charge >= 0.3 is 0 Å². The first-order valence-corrected chi connectivity index (χ1v) is 9.50. The molecule has 0 atom stereocenters. The second kappa shape index (κ2) is 7.63. The SMILES string of the molecule is Cc1cccc(-n2c(C=Cc3ccc(Cl)cc3Cl)nc3ccccc3c2=O)c1. The molecule has 1 heterocycles. The molecule has 4 aromatic rings. The number of rotatable bonds is 3. The van der Waals surface area contributed by atoms with Crippen LogP contribution in [-0.2, 0) is 0 Å². The number of hydrogen-bond donors (Lipinski definition) is 0. The van der Waals surface area contributed by atoms with Crippen LogP contribution in [0, 0.1) is 6.92 Å². The van der Waals surface area contributed by atoms with Gasteiger partial charge in [0.1, 0.15) is 5.82 Å². The highest BCUT2D eigenvalue weighted by atomic mass is 35.5. The van der Waals surface area contributed by atoms with Gasteiger partial charge in [0.2, 0.25) is 0 Å². The predicted molar refractivity (Wildman–Crippen MR) is 117 cm³/mol. The van der Waals surface area contributed by atoms with E-state index in [0.29, 0.717) is 26.8 Å². The molecule has 0 spiro atoms. The van der Waals surface area contributed by atoms with Crippen molar-refractivity contribution in [2.75, 3.05) is 0 Å². The minimum absolute atomic E-state index is 0.113. The van der Waals surface area contributed by atoms with E-state index in [0.717, 1.165) is 16.8 Å². The van der Waals surface area contributed by atoms with Gasteiger partial charge in [-0.2, -0.15) is 0 Å². The molecular weight excluding hydrogens is 391 g/mol. The number of para-hydroxylation sites is 1. The van der Waals surface area contributed by atoms with Crippen molar-refractivity contribution in [2.24, 2.45) is 0 Å². The Morgan fingerprint density at radius 3 is 2.54 bits per heavy atom. The van der Waals surface area contributed by atoms with Gasteiger partial charge in [-0.25, -0.2) is 4.98 Å². The lowest BCUT2D eigenvalue weighted by Crippen LogP contribution is -2.22. The largest absolute Gasteiger partial charge is 0.268 e. The Morgan fingerprint density at radius 1 is 0.929 bits per heavy atom. The lowest BCUT2D eigenvalue weighted by Gasteiger charge is -2.12. The Morgan fingerprint density at radius 2 is 1.75 bits per heavy atom. The van der Waals surface area contributed by atoms with Crippen molar-refractivity contribution < 1.29 is 0 Å². The summed E-state index contributed by atoms with van der Waals surface area (Å²) in [5.74, 6) is 0.528. The van der Waals surface area contributed by atoms with Gasteiger partial charge < -0.3 is 0 Å². The molecule has 0 saturated carbocycles. The van der Waals surface area contributed by atoms with Gasteiger partial charge in [-0.3, -0.25) is 9.36 Å². The van der Waals surface area contributed by atoms with Crippen LogP contribution in [0.4, 0.5) is 0 Å². The van der Waals surface area contributed by atoms with Gasteiger partial charge in [0.05, 0.1) is 16.6 Å². The van der Waals surface area contributed by atoms with Gasteiger partial charge in [-0.15, -0.1) is 0 Å². The fourth-order valence-electron chi connectivity index (χ4n) is 3.08. The maximum absolute atomic E-state index is 13.2. The first kappa shape index (κ1) is 18.5. The normalized spacial score (nSPS) is 11.4. The number of benzene rings is 3. The van der Waals surface area contributed by atoms with Crippen LogP contribution in [0.25, 0.3) is 28.7 Å². The minimum Gasteiger partial charge on any atom is -0.268 e. The predicted octanol–water partition coefficient (Wildman–Crippen LogP) is 6.17. The van der Waals surface area contributed by atoms with Crippen molar-refractivity contribution >= 4 is 46.3 Å². The van der Waals surface area contributed by atoms with E-state index >= 15 is 0 Å². The molecule has 3 nitrogen and oxygen atoms in total. The fraction of sp³-hybridized carbons (Fsp3) is 0.0435. The van der Waals surface area contributed by atoms with Crippen molar-refractivity contribution in [1.82, 2.24) is 9.55 Å². The second-order valence-electron chi connectivity index (χ2n) is 6.47. The summed E-state index contributed by atoms with van der Waals surface area (Å²) in [5, 5.41) is 1.68. The topological polar surface area (TPSA) is 34.9 Å². The van der Waals surface area contributed by atoms with Crippen molar-refractivity contribution in [3.8, 4) is 5.69 Å². The first-order valence-electron chi connectivity index (χ1n) is 8.75. The molecule has 0 bridgehead atoms. The van der Waals surface area contributed by atoms with Crippen LogP contribution in [0.5, 0.6) is 0 Å². The van der Waals surface area contributed by atoms with Crippen LogP contribution < -0.4 is 5.56 Å². The molecule has 138 valence electrons. The standard InChI is InChI=1S/C23H16Cl2N2O/c1-15-5-4-6-18(13-15)27-22(12-10-16-9-11-17(24)14-20(16)25)26-21-8-3-2-7-19(21)23(27)28/h2-14H,1H3. The molecule has 28 heavy (non-hydrogen) atoms. The van der Waals surface area contributed by atoms with Crippen molar-refractivity contribution in [2.45, 2.75) is 6.92 Å². The molecule has 5 heteroatoms. The monoisotopic (exact) mass is 406 g/mol. The van der Waals surface area contributed by atoms with Crippen LogP contribution in [0.3, 0.4) is 0 Å². The number of aromatic nitrogens is 2. The number of aryl methyl sites for hydroxylation is 1. The zero-order valence-electron chi connectivity index (χ0n) is 15.1. The zero-order valence-corrected chi connectivity index (χ0v) is 16.6. The maximum atomic E-state index is 13.2. The molecule has 0 aliphatic carbocycles. The van der Waals surface area contributed by atoms with Gasteiger partial charge in [-0.1, -0.05) is 53.5 Å². The molecule has 0 N–H and O–H groups in total. The molecule has 0 unspecified atom stereocenters. The number of nitrogens with zero attached hydrogens (tertiary/aromatic N) is 2. The highest BCUT2D eigenvalue weighted by Crippen LogP contribution is 2.23. The molecule has 0 saturated heterocycles. The third-order valence-corrected chi connectivity index (χ3v) is 5.00. The Hall–Kier alpha value is -2.88. The van der Waals surface area contributed by atoms with Gasteiger partial charge in [0.15, 0.2) is 0 Å². The van der Waals surface area contributed by atoms with Crippen LogP contribution in [0.15, 0.2) is 71.5 Å². The Labute approximate surface area is 172 Å². The summed E-state index contributed by atoms with van der Waals surface area (Å²) in [5.41, 5.74) is 3.17. The Bertz CT molecular complexity index is 1280. The van der Waals surface area contributed by atoms with Crippen molar-refractivity contribution in [3.05, 3.63) is 104 Å². The van der Waals surface area contributed by atoms with Gasteiger partial charge in [-0.05, 0) is 66.6 Å². The average Bonchev–Trinajstić information content (AvgIpc) is 2.67. The molecule has 1 aromatic heterocycles. The summed E-state index contributed by atoms with van der Waals surface area (Å²) in [7, 11) is 0. The van der Waals surface area contributed by atoms with E-state index in [2.05, 4.69) is 0 Å². The van der Waals surface area contributed by atoms with Crippen LogP contribution in [-0.4, -0.2) is 9.55 Å². The molecule has 3 aromatic carbocycles. The van der Waals surface area contributed by atoms with E-state index in [-0.39, 0.29) is 5.56 Å². The van der Waals surface area contributed by atoms with Crippen LogP contribution >= 0.6 is 23.2 Å². The molecule has 4 rings (SSSR count). The quantitative estimate of drug-likeness (QED) is 0.407. The number of fused-ring (bicyclic) bond motifs is 1. The van der Waals surface area contributed by atoms with Crippen LogP contribution in [0.2, 0.25) is 10.0 Å². The molecule has 0 aliphatic rings. The molecule has 0 radical (unpaired) electrons. The average molecular weight is 407 g/mol. The summed E-state index contributed by atoms with van der Waals surface area (Å²) >= 11 is 12.2. The third kappa shape index (κ3) is 3.59. The third-order valence-electron chi connectivity index (χ3n) is 4.44. The summed E-state index contributed by atoms with van der Waals surface area (Å²) in [6, 6.07) is 20.4. The first-order chi connectivity index (χ1) is 13.5. The van der Waals surface area contributed by atoms with Crippen molar-refractivity contribution in [1.29, 1.82) is 0 Å². The van der Waals surface area contributed by atoms with Crippen LogP contribution in [0.1, 0.15) is 17.0 Å². The maximum Gasteiger partial charge on any atom is 0.266 e. The number of halogens is 2. The number of hydrogen-bond acceptors (Lipinski definition) is 2. The van der Waals surface area contributed by atoms with E-state index in [1.165, 1.54) is 0 Å². The molecule has 0 amide bonds. The molecule has 0 aliphatic heterocycles. The van der Waals surface area contributed by atoms with E-state index in [4.69, 9.17) is 28.2 Å². The smallest absolute Gasteiger partial charge is 0.266 e. The zero-order chi connectivity index (χ0) is 19.7. The van der Waals surface area contributed by atoms with E-state index in [9.17, 15) is 4.79 Å². The lowest BCUT2D eigenvalue weighted by atomic mass is 10.2. The van der Waals surface area contributed by atoms with Crippen molar-refractivity contribution in [3.63, 3.8) is 0 Å². The summed E-state index contributed by atoms with van der Waals surface area (Å²) in [6.07, 6.45) is 3.63. The second-order valence-corrected chi connectivity index (χ2v) is 7.31. The molecular formula is C23H16Cl2N2O. The van der Waals surface area contributed by atoms with E-state index < -0.39 is 0 Å². The van der Waals surface area contributed by atoms with E-state index in [1.54, 1.807) is 28.8 Å². The summed E-state index contributed by atoms with van der Waals surface area (Å²) < 4.78 is 1.62. The highest BCUT2D eigenvalue weighted by Gasteiger charge is 2.11. The Balaban J connectivity index is 1.95. The van der Waals surface area contributed by atoms with Gasteiger partial charge in [0, 0.05) is 10.0 Å². The summed E-state index contributed by atoms with van der Waals surface area (Å²) in [6.45, 7) is 1.99.